The predicted octanol–water partition coefficient (Wildman–Crippen LogP) is 4.42. The van der Waals surface area contributed by atoms with Crippen LogP contribution in [0.1, 0.15) is 4.88 Å². The highest BCUT2D eigenvalue weighted by molar-refractivity contribution is 8.03. The highest BCUT2D eigenvalue weighted by atomic mass is 32.2. The fourth-order valence-electron chi connectivity index (χ4n) is 2.62. The van der Waals surface area contributed by atoms with Gasteiger partial charge in [0.1, 0.15) is 13.2 Å². The number of thioether (sulfide) groups is 2. The molecule has 3 heterocycles. The average Bonchev–Trinajstić information content (AvgIpc) is 3.41. The predicted molar refractivity (Wildman–Crippen MR) is 115 cm³/mol. The Labute approximate surface area is 179 Å². The summed E-state index contributed by atoms with van der Waals surface area (Å²) in [4.78, 5) is 16.0. The van der Waals surface area contributed by atoms with Crippen LogP contribution in [0.4, 0.5) is 5.69 Å². The number of rotatable bonds is 7. The Balaban J connectivity index is 1.53. The van der Waals surface area contributed by atoms with Crippen molar-refractivity contribution in [3.05, 3.63) is 40.6 Å². The molecule has 0 atom stereocenters. The van der Waals surface area contributed by atoms with Gasteiger partial charge in [-0.15, -0.1) is 21.5 Å². The third kappa shape index (κ3) is 4.62. The highest BCUT2D eigenvalue weighted by Crippen LogP contribution is 2.35. The molecule has 0 spiro atoms. The Bertz CT molecular complexity index is 945. The van der Waals surface area contributed by atoms with Gasteiger partial charge in [0.2, 0.25) is 5.91 Å². The molecule has 28 heavy (non-hydrogen) atoms. The van der Waals surface area contributed by atoms with Gasteiger partial charge in [-0.1, -0.05) is 40.9 Å². The van der Waals surface area contributed by atoms with Crippen LogP contribution < -0.4 is 14.4 Å². The van der Waals surface area contributed by atoms with Crippen LogP contribution in [-0.2, 0) is 11.3 Å². The van der Waals surface area contributed by atoms with Crippen LogP contribution in [0.25, 0.3) is 0 Å². The Morgan fingerprint density at radius 1 is 1.18 bits per heavy atom. The minimum atomic E-state index is 0.0102. The Hall–Kier alpha value is -1.75. The lowest BCUT2D eigenvalue weighted by molar-refractivity contribution is -0.116. The summed E-state index contributed by atoms with van der Waals surface area (Å²) in [6.45, 7) is 1.57. The van der Waals surface area contributed by atoms with E-state index in [9.17, 15) is 4.79 Å². The van der Waals surface area contributed by atoms with E-state index in [1.54, 1.807) is 28.0 Å². The highest BCUT2D eigenvalue weighted by Gasteiger charge is 2.21. The molecule has 1 aromatic carbocycles. The molecule has 0 aliphatic carbocycles. The molecule has 3 aromatic rings. The molecule has 0 N–H and O–H groups in total. The van der Waals surface area contributed by atoms with Gasteiger partial charge in [-0.25, -0.2) is 0 Å². The van der Waals surface area contributed by atoms with Gasteiger partial charge in [-0.2, -0.15) is 0 Å². The zero-order chi connectivity index (χ0) is 19.3. The maximum atomic E-state index is 13.1. The van der Waals surface area contributed by atoms with Gasteiger partial charge in [0.25, 0.3) is 0 Å². The van der Waals surface area contributed by atoms with Gasteiger partial charge in [0, 0.05) is 16.6 Å². The van der Waals surface area contributed by atoms with E-state index < -0.39 is 0 Å². The molecule has 6 nitrogen and oxygen atoms in total. The lowest BCUT2D eigenvalue weighted by Gasteiger charge is -2.25. The fourth-order valence-corrected chi connectivity index (χ4v) is 5.63. The van der Waals surface area contributed by atoms with Crippen molar-refractivity contribution >= 4 is 57.8 Å². The lowest BCUT2D eigenvalue weighted by Crippen LogP contribution is -2.31. The molecule has 4 rings (SSSR count). The Kier molecular flexibility index (Phi) is 6.40. The number of anilines is 1. The van der Waals surface area contributed by atoms with Gasteiger partial charge < -0.3 is 14.4 Å². The monoisotopic (exact) mass is 451 g/mol. The van der Waals surface area contributed by atoms with Crippen molar-refractivity contribution in [3.8, 4) is 11.5 Å². The summed E-state index contributed by atoms with van der Waals surface area (Å²) in [6, 6.07) is 9.67. The maximum Gasteiger partial charge on any atom is 0.237 e. The zero-order valence-electron chi connectivity index (χ0n) is 15.0. The SMILES string of the molecule is CSc1nnc(SCC(=O)N(Cc2cccs2)c2ccc3c(c2)OCCO3)s1. The molecule has 1 aliphatic rings. The molecule has 0 unspecified atom stereocenters. The van der Waals surface area contributed by atoms with Gasteiger partial charge in [0.05, 0.1) is 12.3 Å². The van der Waals surface area contributed by atoms with Crippen molar-refractivity contribution in [1.82, 2.24) is 10.2 Å². The molecule has 0 saturated heterocycles. The summed E-state index contributed by atoms with van der Waals surface area (Å²) < 4.78 is 13.0. The summed E-state index contributed by atoms with van der Waals surface area (Å²) >= 11 is 6.11. The van der Waals surface area contributed by atoms with E-state index in [0.717, 1.165) is 19.2 Å². The average molecular weight is 452 g/mol. The number of carbonyl (C=O) groups is 1. The summed E-state index contributed by atoms with van der Waals surface area (Å²) in [7, 11) is 0. The van der Waals surface area contributed by atoms with E-state index in [1.165, 1.54) is 23.1 Å². The fraction of sp³-hybridized carbons (Fsp3) is 0.278. The molecular weight excluding hydrogens is 434 g/mol. The molecule has 146 valence electrons. The minimum Gasteiger partial charge on any atom is -0.486 e. The van der Waals surface area contributed by atoms with Crippen molar-refractivity contribution in [3.63, 3.8) is 0 Å². The van der Waals surface area contributed by atoms with Crippen LogP contribution in [0, 0.1) is 0 Å². The number of fused-ring (bicyclic) bond motifs is 1. The van der Waals surface area contributed by atoms with E-state index in [2.05, 4.69) is 10.2 Å². The normalized spacial score (nSPS) is 12.8. The van der Waals surface area contributed by atoms with Crippen molar-refractivity contribution in [1.29, 1.82) is 0 Å². The molecule has 0 bridgehead atoms. The van der Waals surface area contributed by atoms with Crippen LogP contribution >= 0.6 is 46.2 Å². The van der Waals surface area contributed by atoms with Gasteiger partial charge >= 0.3 is 0 Å². The quantitative estimate of drug-likeness (QED) is 0.493. The standard InChI is InChI=1S/C18H17N3O3S4/c1-25-17-19-20-18(28-17)27-11-16(22)21(10-13-3-2-8-26-13)12-4-5-14-15(9-12)24-7-6-23-14/h2-5,8-9H,6-7,10-11H2,1H3. The first-order valence-corrected chi connectivity index (χ1v) is 12.4. The zero-order valence-corrected chi connectivity index (χ0v) is 18.3. The van der Waals surface area contributed by atoms with Crippen molar-refractivity contribution in [2.24, 2.45) is 0 Å². The van der Waals surface area contributed by atoms with E-state index in [0.29, 0.717) is 37.0 Å². The molecular formula is C18H17N3O3S4. The first kappa shape index (κ1) is 19.6. The number of thiophene rings is 1. The Morgan fingerprint density at radius 2 is 2.00 bits per heavy atom. The summed E-state index contributed by atoms with van der Waals surface area (Å²) in [6.07, 6.45) is 1.96. The lowest BCUT2D eigenvalue weighted by atomic mass is 10.2. The number of aromatic nitrogens is 2. The molecule has 0 saturated carbocycles. The van der Waals surface area contributed by atoms with Gasteiger partial charge in [-0.3, -0.25) is 4.79 Å². The van der Waals surface area contributed by atoms with Crippen LogP contribution in [0.3, 0.4) is 0 Å². The molecule has 1 amide bonds. The second-order valence-electron chi connectivity index (χ2n) is 5.71. The van der Waals surface area contributed by atoms with E-state index in [-0.39, 0.29) is 5.91 Å². The molecule has 10 heteroatoms. The molecule has 1 aliphatic heterocycles. The topological polar surface area (TPSA) is 64.6 Å². The molecule has 0 radical (unpaired) electrons. The maximum absolute atomic E-state index is 13.1. The number of nitrogens with zero attached hydrogens (tertiary/aromatic N) is 3. The smallest absolute Gasteiger partial charge is 0.237 e. The third-order valence-electron chi connectivity index (χ3n) is 3.91. The molecule has 2 aromatic heterocycles. The van der Waals surface area contributed by atoms with E-state index >= 15 is 0 Å². The van der Waals surface area contributed by atoms with E-state index in [1.807, 2.05) is 42.0 Å². The number of hydrogen-bond donors (Lipinski definition) is 0. The van der Waals surface area contributed by atoms with Gasteiger partial charge in [-0.05, 0) is 29.8 Å². The minimum absolute atomic E-state index is 0.0102. The number of carbonyl (C=O) groups excluding carboxylic acids is 1. The summed E-state index contributed by atoms with van der Waals surface area (Å²) in [5.74, 6) is 1.69. The number of amides is 1. The summed E-state index contributed by atoms with van der Waals surface area (Å²) in [5, 5.41) is 10.2. The first-order chi connectivity index (χ1) is 13.7. The van der Waals surface area contributed by atoms with Crippen molar-refractivity contribution in [2.75, 3.05) is 30.1 Å². The number of ether oxygens (including phenoxy) is 2. The van der Waals surface area contributed by atoms with Gasteiger partial charge in [0.15, 0.2) is 20.2 Å². The summed E-state index contributed by atoms with van der Waals surface area (Å²) in [5.41, 5.74) is 0.797. The third-order valence-corrected chi connectivity index (χ3v) is 7.79. The molecule has 0 fully saturated rings. The van der Waals surface area contributed by atoms with Crippen LogP contribution in [0.15, 0.2) is 44.4 Å². The second kappa shape index (κ2) is 9.17. The van der Waals surface area contributed by atoms with Crippen LogP contribution in [0.5, 0.6) is 11.5 Å². The van der Waals surface area contributed by atoms with Crippen LogP contribution in [0.2, 0.25) is 0 Å². The van der Waals surface area contributed by atoms with Crippen molar-refractivity contribution < 1.29 is 14.3 Å². The largest absolute Gasteiger partial charge is 0.486 e. The first-order valence-electron chi connectivity index (χ1n) is 8.45. The van der Waals surface area contributed by atoms with Crippen LogP contribution in [-0.4, -0.2) is 41.3 Å². The number of hydrogen-bond acceptors (Lipinski definition) is 9. The van der Waals surface area contributed by atoms with Crippen molar-refractivity contribution in [2.45, 2.75) is 15.2 Å². The number of benzene rings is 1. The van der Waals surface area contributed by atoms with E-state index in [4.69, 9.17) is 9.47 Å². The Morgan fingerprint density at radius 3 is 2.75 bits per heavy atom. The second-order valence-corrected chi connectivity index (χ2v) is 10.00.